The molecular formula is C27H27NO4. The van der Waals surface area contributed by atoms with Crippen LogP contribution < -0.4 is 5.32 Å². The highest BCUT2D eigenvalue weighted by Gasteiger charge is 2.30. The van der Waals surface area contributed by atoms with E-state index in [1.165, 1.54) is 23.8 Å². The molecule has 1 unspecified atom stereocenters. The molecule has 3 aromatic rings. The molecule has 1 atom stereocenters. The largest absolute Gasteiger partial charge is 0.467 e. The van der Waals surface area contributed by atoms with E-state index in [0.29, 0.717) is 6.42 Å². The lowest BCUT2D eigenvalue weighted by molar-refractivity contribution is -0.143. The zero-order valence-electron chi connectivity index (χ0n) is 18.3. The molecule has 0 saturated heterocycles. The monoisotopic (exact) mass is 429 g/mol. The molecule has 0 bridgehead atoms. The Morgan fingerprint density at radius 1 is 0.875 bits per heavy atom. The molecule has 3 aromatic carbocycles. The average molecular weight is 430 g/mol. The second kappa shape index (κ2) is 9.69. The molecule has 1 amide bonds. The Kier molecular flexibility index (Phi) is 6.55. The van der Waals surface area contributed by atoms with Gasteiger partial charge in [0.25, 0.3) is 0 Å². The summed E-state index contributed by atoms with van der Waals surface area (Å²) >= 11 is 0. The molecule has 0 radical (unpaired) electrons. The number of alkyl carbamates (subject to hydrolysis) is 1. The van der Waals surface area contributed by atoms with Crippen molar-refractivity contribution in [2.45, 2.75) is 31.7 Å². The smallest absolute Gasteiger partial charge is 0.407 e. The number of hydrogen-bond acceptors (Lipinski definition) is 4. The van der Waals surface area contributed by atoms with Gasteiger partial charge < -0.3 is 14.8 Å². The Bertz CT molecular complexity index is 1060. The van der Waals surface area contributed by atoms with Gasteiger partial charge in [0.05, 0.1) is 7.11 Å². The number of esters is 1. The Balaban J connectivity index is 1.43. The molecule has 1 aliphatic rings. The summed E-state index contributed by atoms with van der Waals surface area (Å²) < 4.78 is 10.5. The van der Waals surface area contributed by atoms with Crippen molar-refractivity contribution in [2.75, 3.05) is 13.7 Å². The lowest BCUT2D eigenvalue weighted by Gasteiger charge is -2.18. The van der Waals surface area contributed by atoms with E-state index in [-0.39, 0.29) is 12.5 Å². The molecule has 1 N–H and O–H groups in total. The zero-order chi connectivity index (χ0) is 22.5. The normalized spacial score (nSPS) is 13.1. The molecule has 0 heterocycles. The summed E-state index contributed by atoms with van der Waals surface area (Å²) in [6, 6.07) is 23.5. The summed E-state index contributed by atoms with van der Waals surface area (Å²) in [6.07, 6.45) is 0.645. The number of fused-ring (bicyclic) bond motifs is 3. The maximum atomic E-state index is 12.6. The third kappa shape index (κ3) is 4.52. The molecule has 32 heavy (non-hydrogen) atoms. The van der Waals surface area contributed by atoms with E-state index in [4.69, 9.17) is 9.47 Å². The first kappa shape index (κ1) is 21.6. The summed E-state index contributed by atoms with van der Waals surface area (Å²) in [5.74, 6) is -0.538. The Morgan fingerprint density at radius 3 is 2.00 bits per heavy atom. The maximum Gasteiger partial charge on any atom is 0.407 e. The van der Waals surface area contributed by atoms with Crippen LogP contribution in [-0.2, 0) is 27.1 Å². The van der Waals surface area contributed by atoms with Crippen molar-refractivity contribution < 1.29 is 19.1 Å². The Morgan fingerprint density at radius 2 is 1.44 bits per heavy atom. The number of nitrogens with one attached hydrogen (secondary N) is 1. The third-order valence-electron chi connectivity index (χ3n) is 5.99. The number of carbonyl (C=O) groups is 2. The van der Waals surface area contributed by atoms with Crippen molar-refractivity contribution in [3.63, 3.8) is 0 Å². The number of rotatable bonds is 7. The van der Waals surface area contributed by atoms with Crippen LogP contribution in [0.25, 0.3) is 11.1 Å². The summed E-state index contributed by atoms with van der Waals surface area (Å²) in [4.78, 5) is 24.9. The van der Waals surface area contributed by atoms with Gasteiger partial charge in [-0.25, -0.2) is 9.59 Å². The summed E-state index contributed by atoms with van der Waals surface area (Å²) in [6.45, 7) is 2.28. The predicted molar refractivity (Wildman–Crippen MR) is 124 cm³/mol. The maximum absolute atomic E-state index is 12.6. The van der Waals surface area contributed by atoms with Gasteiger partial charge in [0.15, 0.2) is 0 Å². The molecule has 0 spiro atoms. The lowest BCUT2D eigenvalue weighted by atomic mass is 9.98. The standard InChI is InChI=1S/C27H27NO4/c1-3-18-12-14-19(15-13-18)16-25(26(29)31-2)28-27(30)32-17-24-22-10-6-4-8-20(22)21-9-5-7-11-23(21)24/h4-15,24-25H,3,16-17H2,1-2H3,(H,28,30). The van der Waals surface area contributed by atoms with Gasteiger partial charge in [-0.1, -0.05) is 79.7 Å². The second-order valence-corrected chi connectivity index (χ2v) is 7.92. The molecule has 0 fully saturated rings. The predicted octanol–water partition coefficient (Wildman–Crippen LogP) is 4.87. The fraction of sp³-hybridized carbons (Fsp3) is 0.259. The van der Waals surface area contributed by atoms with Gasteiger partial charge in [-0.3, -0.25) is 0 Å². The average Bonchev–Trinajstić information content (AvgIpc) is 3.16. The van der Waals surface area contributed by atoms with E-state index in [1.807, 2.05) is 48.5 Å². The van der Waals surface area contributed by atoms with Crippen molar-refractivity contribution >= 4 is 12.1 Å². The molecule has 0 aliphatic heterocycles. The highest BCUT2D eigenvalue weighted by molar-refractivity contribution is 5.82. The van der Waals surface area contributed by atoms with Gasteiger partial charge in [0, 0.05) is 12.3 Å². The number of benzene rings is 3. The number of ether oxygens (including phenoxy) is 2. The summed E-state index contributed by atoms with van der Waals surface area (Å²) in [5.41, 5.74) is 6.77. The van der Waals surface area contributed by atoms with Crippen LogP contribution in [-0.4, -0.2) is 31.8 Å². The molecule has 0 saturated carbocycles. The SMILES string of the molecule is CCc1ccc(CC(NC(=O)OCC2c3ccccc3-c3ccccc32)C(=O)OC)cc1. The van der Waals surface area contributed by atoms with Crippen molar-refractivity contribution in [1.29, 1.82) is 0 Å². The van der Waals surface area contributed by atoms with Crippen molar-refractivity contribution in [3.8, 4) is 11.1 Å². The van der Waals surface area contributed by atoms with E-state index < -0.39 is 18.1 Å². The lowest BCUT2D eigenvalue weighted by Crippen LogP contribution is -2.43. The van der Waals surface area contributed by atoms with E-state index in [0.717, 1.165) is 23.1 Å². The first-order valence-corrected chi connectivity index (χ1v) is 10.9. The topological polar surface area (TPSA) is 64.6 Å². The van der Waals surface area contributed by atoms with Crippen LogP contribution in [0.4, 0.5) is 4.79 Å². The van der Waals surface area contributed by atoms with Crippen LogP contribution in [0.5, 0.6) is 0 Å². The van der Waals surface area contributed by atoms with Crippen LogP contribution in [0, 0.1) is 0 Å². The van der Waals surface area contributed by atoms with Crippen LogP contribution in [0.1, 0.15) is 35.1 Å². The number of methoxy groups -OCH3 is 1. The van der Waals surface area contributed by atoms with Gasteiger partial charge in [-0.15, -0.1) is 0 Å². The fourth-order valence-electron chi connectivity index (χ4n) is 4.26. The Hall–Kier alpha value is -3.60. The molecule has 164 valence electrons. The highest BCUT2D eigenvalue weighted by atomic mass is 16.6. The van der Waals surface area contributed by atoms with E-state index >= 15 is 0 Å². The number of amides is 1. The van der Waals surface area contributed by atoms with Crippen molar-refractivity contribution in [2.24, 2.45) is 0 Å². The summed E-state index contributed by atoms with van der Waals surface area (Å²) in [7, 11) is 1.31. The fourth-order valence-corrected chi connectivity index (χ4v) is 4.26. The Labute approximate surface area is 188 Å². The quantitative estimate of drug-likeness (QED) is 0.544. The van der Waals surface area contributed by atoms with Gasteiger partial charge in [-0.05, 0) is 39.8 Å². The van der Waals surface area contributed by atoms with Gasteiger partial charge in [0.2, 0.25) is 0 Å². The minimum atomic E-state index is -0.817. The third-order valence-corrected chi connectivity index (χ3v) is 5.99. The first-order chi connectivity index (χ1) is 15.6. The second-order valence-electron chi connectivity index (χ2n) is 7.92. The molecule has 4 rings (SSSR count). The molecule has 1 aliphatic carbocycles. The number of aryl methyl sites for hydroxylation is 1. The van der Waals surface area contributed by atoms with Crippen molar-refractivity contribution in [1.82, 2.24) is 5.32 Å². The minimum Gasteiger partial charge on any atom is -0.467 e. The first-order valence-electron chi connectivity index (χ1n) is 10.9. The van der Waals surface area contributed by atoms with Crippen LogP contribution in [0.3, 0.4) is 0 Å². The molecule has 5 heteroatoms. The number of hydrogen-bond donors (Lipinski definition) is 1. The van der Waals surface area contributed by atoms with E-state index in [9.17, 15) is 9.59 Å². The molecule has 5 nitrogen and oxygen atoms in total. The van der Waals surface area contributed by atoms with Crippen molar-refractivity contribution in [3.05, 3.63) is 95.1 Å². The molecule has 0 aromatic heterocycles. The van der Waals surface area contributed by atoms with E-state index in [1.54, 1.807) is 0 Å². The summed E-state index contributed by atoms with van der Waals surface area (Å²) in [5, 5.41) is 2.68. The number of carbonyl (C=O) groups excluding carboxylic acids is 2. The molecular weight excluding hydrogens is 402 g/mol. The van der Waals surface area contributed by atoms with Crippen LogP contribution in [0.2, 0.25) is 0 Å². The zero-order valence-corrected chi connectivity index (χ0v) is 18.3. The van der Waals surface area contributed by atoms with Gasteiger partial charge >= 0.3 is 12.1 Å². The van der Waals surface area contributed by atoms with Crippen LogP contribution in [0.15, 0.2) is 72.8 Å². The van der Waals surface area contributed by atoms with Gasteiger partial charge in [-0.2, -0.15) is 0 Å². The van der Waals surface area contributed by atoms with Crippen LogP contribution >= 0.6 is 0 Å². The van der Waals surface area contributed by atoms with Gasteiger partial charge in [0.1, 0.15) is 12.6 Å². The van der Waals surface area contributed by atoms with E-state index in [2.05, 4.69) is 36.5 Å². The highest BCUT2D eigenvalue weighted by Crippen LogP contribution is 2.44. The minimum absolute atomic E-state index is 0.0358.